The van der Waals surface area contributed by atoms with Crippen LogP contribution in [-0.4, -0.2) is 52.7 Å². The van der Waals surface area contributed by atoms with Gasteiger partial charge >= 0.3 is 0 Å². The Morgan fingerprint density at radius 3 is 2.14 bits per heavy atom. The minimum absolute atomic E-state index is 0.105. The van der Waals surface area contributed by atoms with Crippen molar-refractivity contribution >= 4 is 11.9 Å². The summed E-state index contributed by atoms with van der Waals surface area (Å²) in [6.45, 7) is 2.16. The first-order valence-corrected chi connectivity index (χ1v) is 12.6. The molecule has 0 radical (unpaired) electrons. The average Bonchev–Trinajstić information content (AvgIpc) is 2.93. The van der Waals surface area contributed by atoms with Crippen LogP contribution in [0, 0.1) is 0 Å². The molecule has 0 spiro atoms. The van der Waals surface area contributed by atoms with Crippen LogP contribution in [0.5, 0.6) is 11.5 Å². The second-order valence-corrected chi connectivity index (χ2v) is 9.31. The van der Waals surface area contributed by atoms with Gasteiger partial charge in [0.25, 0.3) is 0 Å². The summed E-state index contributed by atoms with van der Waals surface area (Å²) in [7, 11) is 0. The number of nitrogens with two attached hydrogens (primary N) is 1. The van der Waals surface area contributed by atoms with Gasteiger partial charge in [0.1, 0.15) is 6.10 Å². The molecule has 1 aliphatic rings. The number of piperidine rings is 1. The Kier molecular flexibility index (Phi) is 9.27. The first-order chi connectivity index (χ1) is 18.0. The number of nitrogens with zero attached hydrogens (tertiary/aromatic N) is 1. The van der Waals surface area contributed by atoms with Crippen molar-refractivity contribution in [2.45, 2.75) is 31.1 Å². The zero-order chi connectivity index (χ0) is 26.0. The molecule has 4 rings (SSSR count). The van der Waals surface area contributed by atoms with Crippen LogP contribution in [0.2, 0.25) is 0 Å². The molecule has 1 saturated heterocycles. The molecule has 192 valence electrons. The number of aromatic hydroxyl groups is 2. The van der Waals surface area contributed by atoms with Crippen molar-refractivity contribution in [1.82, 2.24) is 4.90 Å². The highest BCUT2D eigenvalue weighted by molar-refractivity contribution is 5.94. The van der Waals surface area contributed by atoms with Gasteiger partial charge in [-0.05, 0) is 47.7 Å². The third kappa shape index (κ3) is 7.64. The Morgan fingerprint density at radius 1 is 0.919 bits per heavy atom. The van der Waals surface area contributed by atoms with Gasteiger partial charge in [-0.2, -0.15) is 0 Å². The number of benzene rings is 3. The molecule has 0 bridgehead atoms. The lowest BCUT2D eigenvalue weighted by Gasteiger charge is -2.35. The van der Waals surface area contributed by atoms with Crippen LogP contribution in [0.4, 0.5) is 0 Å². The van der Waals surface area contributed by atoms with Gasteiger partial charge in [0.2, 0.25) is 0 Å². The van der Waals surface area contributed by atoms with E-state index < -0.39 is 6.04 Å². The Bertz CT molecular complexity index is 1160. The molecule has 0 saturated carbocycles. The molecule has 1 fully saturated rings. The molecule has 0 aromatic heterocycles. The number of hydrogen-bond acceptors (Lipinski definition) is 6. The maximum absolute atomic E-state index is 12.5. The third-order valence-electron chi connectivity index (χ3n) is 6.55. The summed E-state index contributed by atoms with van der Waals surface area (Å²) in [4.78, 5) is 14.7. The number of hydrogen-bond donors (Lipinski definition) is 3. The van der Waals surface area contributed by atoms with Gasteiger partial charge in [0, 0.05) is 19.6 Å². The number of carbonyl (C=O) groups is 1. The highest BCUT2D eigenvalue weighted by Crippen LogP contribution is 2.30. The van der Waals surface area contributed by atoms with Gasteiger partial charge in [0.15, 0.2) is 17.3 Å². The fourth-order valence-corrected chi connectivity index (χ4v) is 4.48. The van der Waals surface area contributed by atoms with Crippen molar-refractivity contribution in [2.24, 2.45) is 5.73 Å². The van der Waals surface area contributed by atoms with Crippen molar-refractivity contribution in [1.29, 1.82) is 0 Å². The number of likely N-dealkylation sites (tertiary alicyclic amines) is 1. The fraction of sp³-hybridized carbons (Fsp3) is 0.258. The van der Waals surface area contributed by atoms with E-state index in [0.29, 0.717) is 12.1 Å². The normalized spacial score (nSPS) is 16.1. The molecule has 3 aromatic rings. The van der Waals surface area contributed by atoms with Crippen molar-refractivity contribution < 1.29 is 19.7 Å². The number of rotatable bonds is 10. The van der Waals surface area contributed by atoms with E-state index >= 15 is 0 Å². The van der Waals surface area contributed by atoms with Crippen molar-refractivity contribution in [2.75, 3.05) is 19.6 Å². The number of allylic oxidation sites excluding steroid dienone is 2. The molecule has 1 aliphatic heterocycles. The highest BCUT2D eigenvalue weighted by atomic mass is 16.5. The second kappa shape index (κ2) is 13.0. The summed E-state index contributed by atoms with van der Waals surface area (Å²) < 4.78 is 6.61. The zero-order valence-corrected chi connectivity index (χ0v) is 20.8. The number of ketones is 1. The Hall–Kier alpha value is -3.71. The van der Waals surface area contributed by atoms with Crippen molar-refractivity contribution in [3.8, 4) is 11.5 Å². The average molecular weight is 499 g/mol. The summed E-state index contributed by atoms with van der Waals surface area (Å²) in [6.07, 6.45) is 8.35. The molecule has 37 heavy (non-hydrogen) atoms. The summed E-state index contributed by atoms with van der Waals surface area (Å²) in [5, 5.41) is 18.9. The molecule has 6 heteroatoms. The summed E-state index contributed by atoms with van der Waals surface area (Å²) in [5.41, 5.74) is 9.19. The summed E-state index contributed by atoms with van der Waals surface area (Å²) in [6, 6.07) is 24.5. The summed E-state index contributed by atoms with van der Waals surface area (Å²) >= 11 is 0. The Labute approximate surface area is 218 Å². The molecule has 1 unspecified atom stereocenters. The summed E-state index contributed by atoms with van der Waals surface area (Å²) in [5.74, 6) is -0.490. The van der Waals surface area contributed by atoms with Gasteiger partial charge in [-0.25, -0.2) is 0 Å². The van der Waals surface area contributed by atoms with Gasteiger partial charge in [-0.1, -0.05) is 85.0 Å². The molecule has 0 amide bonds. The smallest absolute Gasteiger partial charge is 0.173 e. The van der Waals surface area contributed by atoms with Gasteiger partial charge in [-0.3, -0.25) is 4.79 Å². The molecule has 1 heterocycles. The van der Waals surface area contributed by atoms with Crippen LogP contribution in [-0.2, 0) is 9.53 Å². The van der Waals surface area contributed by atoms with Crippen LogP contribution >= 0.6 is 0 Å². The van der Waals surface area contributed by atoms with Crippen LogP contribution in [0.15, 0.2) is 97.1 Å². The number of phenols is 2. The highest BCUT2D eigenvalue weighted by Gasteiger charge is 2.26. The number of carbonyl (C=O) groups excluding carboxylic acids is 1. The van der Waals surface area contributed by atoms with E-state index in [4.69, 9.17) is 10.5 Å². The van der Waals surface area contributed by atoms with E-state index in [1.165, 1.54) is 18.2 Å². The van der Waals surface area contributed by atoms with Gasteiger partial charge in [0.05, 0.1) is 12.1 Å². The van der Waals surface area contributed by atoms with Crippen LogP contribution in [0.25, 0.3) is 6.08 Å². The van der Waals surface area contributed by atoms with E-state index in [1.54, 1.807) is 24.3 Å². The molecule has 4 N–H and O–H groups in total. The topological polar surface area (TPSA) is 96.0 Å². The number of ether oxygens (including phenoxy) is 1. The molecule has 1 atom stereocenters. The van der Waals surface area contributed by atoms with E-state index in [1.807, 2.05) is 36.4 Å². The lowest BCUT2D eigenvalue weighted by Crippen LogP contribution is -2.46. The van der Waals surface area contributed by atoms with Crippen LogP contribution < -0.4 is 5.73 Å². The molecule has 6 nitrogen and oxygen atoms in total. The standard InChI is InChI=1S/C31H34N2O4/c32-27(28(34)14-8-7-9-23-15-16-29(35)30(36)21-23)22-33-19-17-26(18-20-33)37-31(24-10-3-1-4-11-24)25-12-5-2-6-13-25/h1-16,21,26-27,31,35-36H,17-20,22,32H2. The predicted molar refractivity (Wildman–Crippen MR) is 146 cm³/mol. The zero-order valence-electron chi connectivity index (χ0n) is 20.8. The van der Waals surface area contributed by atoms with Crippen molar-refractivity contribution in [3.05, 3.63) is 114 Å². The van der Waals surface area contributed by atoms with E-state index in [2.05, 4.69) is 29.2 Å². The molecular formula is C31H34N2O4. The second-order valence-electron chi connectivity index (χ2n) is 9.31. The maximum Gasteiger partial charge on any atom is 0.173 e. The fourth-order valence-electron chi connectivity index (χ4n) is 4.48. The molecule has 0 aliphatic carbocycles. The minimum Gasteiger partial charge on any atom is -0.504 e. The third-order valence-corrected chi connectivity index (χ3v) is 6.55. The van der Waals surface area contributed by atoms with Crippen molar-refractivity contribution in [3.63, 3.8) is 0 Å². The monoisotopic (exact) mass is 498 g/mol. The van der Waals surface area contributed by atoms with Gasteiger partial charge in [-0.15, -0.1) is 0 Å². The van der Waals surface area contributed by atoms with Crippen LogP contribution in [0.3, 0.4) is 0 Å². The maximum atomic E-state index is 12.5. The lowest BCUT2D eigenvalue weighted by atomic mass is 10.00. The lowest BCUT2D eigenvalue weighted by molar-refractivity contribution is -0.116. The predicted octanol–water partition coefficient (Wildman–Crippen LogP) is 4.83. The largest absolute Gasteiger partial charge is 0.504 e. The number of phenolic OH excluding ortho intramolecular Hbond substituents is 2. The van der Waals surface area contributed by atoms with E-state index in [-0.39, 0.29) is 29.5 Å². The molecular weight excluding hydrogens is 464 g/mol. The van der Waals surface area contributed by atoms with E-state index in [0.717, 1.165) is 37.1 Å². The molecule has 3 aromatic carbocycles. The Balaban J connectivity index is 1.25. The quantitative estimate of drug-likeness (QED) is 0.210. The van der Waals surface area contributed by atoms with E-state index in [9.17, 15) is 15.0 Å². The SMILES string of the molecule is NC(CN1CCC(OC(c2ccccc2)c2ccccc2)CC1)C(=O)C=CC=Cc1ccc(O)c(O)c1. The van der Waals surface area contributed by atoms with Crippen LogP contribution in [0.1, 0.15) is 35.6 Å². The first kappa shape index (κ1) is 26.4. The van der Waals surface area contributed by atoms with Gasteiger partial charge < -0.3 is 25.6 Å². The minimum atomic E-state index is -0.596. The Morgan fingerprint density at radius 2 is 1.54 bits per heavy atom. The first-order valence-electron chi connectivity index (χ1n) is 12.6.